The number of carbonyl (C=O) groups is 1. The fourth-order valence-electron chi connectivity index (χ4n) is 2.70. The van der Waals surface area contributed by atoms with E-state index in [1.165, 1.54) is 12.1 Å². The van der Waals surface area contributed by atoms with Crippen molar-refractivity contribution in [1.82, 2.24) is 9.55 Å². The van der Waals surface area contributed by atoms with Crippen LogP contribution in [0.2, 0.25) is 0 Å². The fourth-order valence-corrected chi connectivity index (χ4v) is 2.70. The first-order valence-corrected chi connectivity index (χ1v) is 6.88. The lowest BCUT2D eigenvalue weighted by atomic mass is 10.0. The zero-order valence-electron chi connectivity index (χ0n) is 12.3. The van der Waals surface area contributed by atoms with Crippen molar-refractivity contribution in [1.29, 1.82) is 0 Å². The molecule has 4 nitrogen and oxygen atoms in total. The molecule has 0 radical (unpaired) electrons. The molecule has 0 aliphatic carbocycles. The molecule has 2 aromatic rings. The second-order valence-corrected chi connectivity index (χ2v) is 6.22. The third kappa shape index (κ3) is 2.55. The summed E-state index contributed by atoms with van der Waals surface area (Å²) in [4.78, 5) is 16.2. The lowest BCUT2D eigenvalue weighted by Crippen LogP contribution is -2.25. The van der Waals surface area contributed by atoms with Gasteiger partial charge in [0.2, 0.25) is 0 Å². The number of hydrogen-bond acceptors (Lipinski definition) is 3. The molecule has 0 spiro atoms. The molecule has 1 aliphatic heterocycles. The Kier molecular flexibility index (Phi) is 3.08. The molecule has 2 heterocycles. The summed E-state index contributed by atoms with van der Waals surface area (Å²) in [5.74, 6) is -0.566. The average Bonchev–Trinajstić information content (AvgIpc) is 2.90. The minimum atomic E-state index is -0.515. The second kappa shape index (κ2) is 4.69. The molecule has 1 unspecified atom stereocenters. The predicted octanol–water partition coefficient (Wildman–Crippen LogP) is 3.32. The number of imidazole rings is 1. The molecular weight excluding hydrogens is 271 g/mol. The minimum absolute atomic E-state index is 0.187. The van der Waals surface area contributed by atoms with Gasteiger partial charge in [0.05, 0.1) is 30.7 Å². The number of rotatable bonds is 2. The summed E-state index contributed by atoms with van der Waals surface area (Å²) in [7, 11) is 0. The summed E-state index contributed by atoms with van der Waals surface area (Å²) in [6, 6.07) is 4.44. The van der Waals surface area contributed by atoms with Crippen LogP contribution in [0.5, 0.6) is 0 Å². The van der Waals surface area contributed by atoms with Gasteiger partial charge in [-0.25, -0.2) is 9.37 Å². The summed E-state index contributed by atoms with van der Waals surface area (Å²) in [6.45, 7) is 5.52. The van der Waals surface area contributed by atoms with E-state index in [0.29, 0.717) is 0 Å². The van der Waals surface area contributed by atoms with Gasteiger partial charge in [0.25, 0.3) is 0 Å². The second-order valence-electron chi connectivity index (χ2n) is 6.22. The summed E-state index contributed by atoms with van der Waals surface area (Å²) in [5, 5.41) is 0. The van der Waals surface area contributed by atoms with Crippen molar-refractivity contribution in [2.24, 2.45) is 0 Å². The molecule has 0 amide bonds. The maximum atomic E-state index is 13.5. The highest BCUT2D eigenvalue weighted by molar-refractivity contribution is 5.75. The number of hydrogen-bond donors (Lipinski definition) is 0. The zero-order chi connectivity index (χ0) is 15.2. The van der Waals surface area contributed by atoms with Crippen LogP contribution < -0.4 is 0 Å². The van der Waals surface area contributed by atoms with Gasteiger partial charge in [-0.1, -0.05) is 6.07 Å². The Bertz CT molecular complexity index is 701. The number of nitrogens with zero attached hydrogens (tertiary/aromatic N) is 2. The van der Waals surface area contributed by atoms with E-state index in [0.717, 1.165) is 16.8 Å². The largest absolute Gasteiger partial charge is 0.460 e. The van der Waals surface area contributed by atoms with Gasteiger partial charge in [-0.05, 0) is 38.5 Å². The van der Waals surface area contributed by atoms with Crippen molar-refractivity contribution >= 4 is 5.97 Å². The van der Waals surface area contributed by atoms with Crippen LogP contribution in [0.15, 0.2) is 30.7 Å². The van der Waals surface area contributed by atoms with Gasteiger partial charge in [-0.2, -0.15) is 0 Å². The Morgan fingerprint density at radius 3 is 2.90 bits per heavy atom. The first-order valence-electron chi connectivity index (χ1n) is 6.88. The van der Waals surface area contributed by atoms with Gasteiger partial charge in [0.15, 0.2) is 0 Å². The summed E-state index contributed by atoms with van der Waals surface area (Å²) in [6.07, 6.45) is 3.56. The van der Waals surface area contributed by atoms with Crippen LogP contribution in [0.4, 0.5) is 4.39 Å². The van der Waals surface area contributed by atoms with Crippen molar-refractivity contribution in [3.8, 4) is 11.3 Å². The quantitative estimate of drug-likeness (QED) is 0.796. The molecular formula is C16H17FN2O2. The van der Waals surface area contributed by atoms with E-state index in [-0.39, 0.29) is 24.2 Å². The third-order valence-corrected chi connectivity index (χ3v) is 3.43. The normalized spacial score (nSPS) is 16.5. The molecule has 0 saturated heterocycles. The van der Waals surface area contributed by atoms with Crippen molar-refractivity contribution in [3.05, 3.63) is 42.1 Å². The number of ether oxygens (including phenoxy) is 1. The molecule has 1 aromatic carbocycles. The molecule has 5 heteroatoms. The standard InChI is InChI=1S/C16H17FN2O2/c1-16(2,3)21-15(20)7-13-11-5-4-10(17)6-12(11)14-8-18-9-19(13)14/h4-6,8-9,13H,7H2,1-3H3. The number of carbonyl (C=O) groups excluding carboxylic acids is 1. The smallest absolute Gasteiger partial charge is 0.308 e. The number of fused-ring (bicyclic) bond motifs is 3. The molecule has 1 aromatic heterocycles. The first-order chi connectivity index (χ1) is 9.85. The van der Waals surface area contributed by atoms with Crippen LogP contribution in [-0.2, 0) is 9.53 Å². The molecule has 21 heavy (non-hydrogen) atoms. The highest BCUT2D eigenvalue weighted by Gasteiger charge is 2.31. The summed E-state index contributed by atoms with van der Waals surface area (Å²) < 4.78 is 20.7. The van der Waals surface area contributed by atoms with E-state index in [9.17, 15) is 9.18 Å². The number of benzene rings is 1. The molecule has 0 N–H and O–H groups in total. The molecule has 3 rings (SSSR count). The van der Waals surface area contributed by atoms with E-state index in [4.69, 9.17) is 4.74 Å². The molecule has 0 bridgehead atoms. The number of halogens is 1. The van der Waals surface area contributed by atoms with Crippen LogP contribution >= 0.6 is 0 Å². The zero-order valence-corrected chi connectivity index (χ0v) is 12.3. The lowest BCUT2D eigenvalue weighted by Gasteiger charge is -2.21. The molecule has 110 valence electrons. The van der Waals surface area contributed by atoms with Crippen LogP contribution in [-0.4, -0.2) is 21.1 Å². The fraction of sp³-hybridized carbons (Fsp3) is 0.375. The van der Waals surface area contributed by atoms with Gasteiger partial charge in [0.1, 0.15) is 11.4 Å². The van der Waals surface area contributed by atoms with Crippen molar-refractivity contribution in [3.63, 3.8) is 0 Å². The molecule has 1 aliphatic rings. The topological polar surface area (TPSA) is 44.1 Å². The van der Waals surface area contributed by atoms with Crippen molar-refractivity contribution < 1.29 is 13.9 Å². The van der Waals surface area contributed by atoms with E-state index in [1.807, 2.05) is 25.3 Å². The number of esters is 1. The van der Waals surface area contributed by atoms with E-state index >= 15 is 0 Å². The lowest BCUT2D eigenvalue weighted by molar-refractivity contribution is -0.155. The molecule has 0 saturated carbocycles. The van der Waals surface area contributed by atoms with Gasteiger partial charge in [-0.3, -0.25) is 4.79 Å². The Balaban J connectivity index is 1.92. The summed E-state index contributed by atoms with van der Waals surface area (Å²) >= 11 is 0. The van der Waals surface area contributed by atoms with Crippen molar-refractivity contribution in [2.45, 2.75) is 38.8 Å². The van der Waals surface area contributed by atoms with Crippen LogP contribution in [0.3, 0.4) is 0 Å². The highest BCUT2D eigenvalue weighted by Crippen LogP contribution is 2.41. The van der Waals surface area contributed by atoms with E-state index < -0.39 is 5.60 Å². The van der Waals surface area contributed by atoms with E-state index in [1.54, 1.807) is 18.6 Å². The maximum Gasteiger partial charge on any atom is 0.308 e. The Hall–Kier alpha value is -2.17. The van der Waals surface area contributed by atoms with E-state index in [2.05, 4.69) is 4.98 Å². The predicted molar refractivity (Wildman–Crippen MR) is 76.2 cm³/mol. The van der Waals surface area contributed by atoms with Gasteiger partial charge >= 0.3 is 5.97 Å². The Labute approximate surface area is 122 Å². The van der Waals surface area contributed by atoms with Gasteiger partial charge in [-0.15, -0.1) is 0 Å². The van der Waals surface area contributed by atoms with Crippen molar-refractivity contribution in [2.75, 3.05) is 0 Å². The minimum Gasteiger partial charge on any atom is -0.460 e. The maximum absolute atomic E-state index is 13.5. The Morgan fingerprint density at radius 2 is 2.19 bits per heavy atom. The first kappa shape index (κ1) is 13.8. The van der Waals surface area contributed by atoms with Gasteiger partial charge < -0.3 is 9.30 Å². The third-order valence-electron chi connectivity index (χ3n) is 3.43. The molecule has 0 fully saturated rings. The highest BCUT2D eigenvalue weighted by atomic mass is 19.1. The average molecular weight is 288 g/mol. The van der Waals surface area contributed by atoms with Crippen LogP contribution in [0.1, 0.15) is 38.8 Å². The van der Waals surface area contributed by atoms with Crippen LogP contribution in [0, 0.1) is 5.82 Å². The van der Waals surface area contributed by atoms with Gasteiger partial charge in [0, 0.05) is 5.56 Å². The Morgan fingerprint density at radius 1 is 1.43 bits per heavy atom. The number of aromatic nitrogens is 2. The monoisotopic (exact) mass is 288 g/mol. The van der Waals surface area contributed by atoms with Crippen LogP contribution in [0.25, 0.3) is 11.3 Å². The SMILES string of the molecule is CC(C)(C)OC(=O)CC1c2ccc(F)cc2-c2cncn21. The summed E-state index contributed by atoms with van der Waals surface area (Å²) in [5.41, 5.74) is 2.04. The molecule has 1 atom stereocenters.